The van der Waals surface area contributed by atoms with E-state index in [1.54, 1.807) is 0 Å². The first-order chi connectivity index (χ1) is 12.5. The molecule has 1 fully saturated rings. The van der Waals surface area contributed by atoms with Crippen LogP contribution in [-0.4, -0.2) is 32.0 Å². The largest absolute Gasteiger partial charge is 0.391 e. The van der Waals surface area contributed by atoms with E-state index in [2.05, 4.69) is 10.1 Å². The van der Waals surface area contributed by atoms with Crippen molar-refractivity contribution in [1.82, 2.24) is 14.8 Å². The lowest BCUT2D eigenvalue weighted by atomic mass is 10.1. The molecule has 0 bridgehead atoms. The Morgan fingerprint density at radius 2 is 1.85 bits per heavy atom. The number of halogens is 2. The van der Waals surface area contributed by atoms with E-state index in [4.69, 9.17) is 5.73 Å². The third-order valence-corrected chi connectivity index (χ3v) is 4.74. The molecule has 4 rings (SSSR count). The molecule has 7 heteroatoms. The lowest BCUT2D eigenvalue weighted by Crippen LogP contribution is -2.28. The summed E-state index contributed by atoms with van der Waals surface area (Å²) in [5.41, 5.74) is 6.84. The van der Waals surface area contributed by atoms with Crippen LogP contribution in [0.5, 0.6) is 0 Å². The highest BCUT2D eigenvalue weighted by atomic mass is 19.1. The molecule has 1 aromatic heterocycles. The van der Waals surface area contributed by atoms with Crippen molar-refractivity contribution in [2.75, 3.05) is 0 Å². The minimum atomic E-state index is -0.724. The number of rotatable bonds is 3. The Bertz CT molecular complexity index is 919. The van der Waals surface area contributed by atoms with Crippen LogP contribution in [0.3, 0.4) is 0 Å². The Morgan fingerprint density at radius 3 is 2.50 bits per heavy atom. The molecular weight excluding hydrogens is 338 g/mol. The molecule has 0 aliphatic heterocycles. The van der Waals surface area contributed by atoms with Crippen molar-refractivity contribution < 1.29 is 13.9 Å². The van der Waals surface area contributed by atoms with E-state index in [1.165, 1.54) is 16.8 Å². The summed E-state index contributed by atoms with van der Waals surface area (Å²) >= 11 is 0. The molecule has 3 N–H and O–H groups in total. The summed E-state index contributed by atoms with van der Waals surface area (Å²) in [6, 6.07) is 12.3. The molecule has 0 amide bonds. The highest BCUT2D eigenvalue weighted by molar-refractivity contribution is 5.55. The second-order valence-electron chi connectivity index (χ2n) is 6.57. The molecule has 0 spiro atoms. The summed E-state index contributed by atoms with van der Waals surface area (Å²) in [6.07, 6.45) is 0.316. The molecule has 5 nitrogen and oxygen atoms in total. The van der Waals surface area contributed by atoms with Gasteiger partial charge in [0.05, 0.1) is 6.10 Å². The Labute approximate surface area is 149 Å². The van der Waals surface area contributed by atoms with Crippen LogP contribution in [0.1, 0.15) is 24.6 Å². The third-order valence-electron chi connectivity index (χ3n) is 4.74. The highest BCUT2D eigenvalue weighted by Gasteiger charge is 2.35. The number of nitrogens with two attached hydrogens (primary N) is 1. The lowest BCUT2D eigenvalue weighted by molar-refractivity contribution is 0.163. The molecule has 0 saturated heterocycles. The molecule has 26 heavy (non-hydrogen) atoms. The van der Waals surface area contributed by atoms with E-state index in [0.717, 1.165) is 11.6 Å². The topological polar surface area (TPSA) is 77.0 Å². The van der Waals surface area contributed by atoms with Crippen LogP contribution in [0.25, 0.3) is 17.1 Å². The number of hydrogen-bond acceptors (Lipinski definition) is 4. The average molecular weight is 356 g/mol. The van der Waals surface area contributed by atoms with Gasteiger partial charge in [0.1, 0.15) is 17.3 Å². The van der Waals surface area contributed by atoms with Crippen molar-refractivity contribution in [2.45, 2.75) is 30.9 Å². The fourth-order valence-electron chi connectivity index (χ4n) is 3.39. The molecule has 3 atom stereocenters. The van der Waals surface area contributed by atoms with Gasteiger partial charge in [-0.2, -0.15) is 0 Å². The maximum absolute atomic E-state index is 14.4. The van der Waals surface area contributed by atoms with Crippen molar-refractivity contribution in [3.8, 4) is 17.1 Å². The minimum Gasteiger partial charge on any atom is -0.391 e. The number of aliphatic hydroxyl groups excluding tert-OH is 1. The fraction of sp³-hybridized carbons (Fsp3) is 0.263. The maximum Gasteiger partial charge on any atom is 0.181 e. The van der Waals surface area contributed by atoms with Gasteiger partial charge in [-0.1, -0.05) is 30.3 Å². The van der Waals surface area contributed by atoms with Crippen LogP contribution >= 0.6 is 0 Å². The van der Waals surface area contributed by atoms with Crippen molar-refractivity contribution in [2.24, 2.45) is 5.73 Å². The van der Waals surface area contributed by atoms with Crippen molar-refractivity contribution in [3.05, 3.63) is 66.0 Å². The molecule has 1 heterocycles. The van der Waals surface area contributed by atoms with Crippen molar-refractivity contribution in [3.63, 3.8) is 0 Å². The Hall–Kier alpha value is -2.64. The minimum absolute atomic E-state index is 0.117. The van der Waals surface area contributed by atoms with E-state index in [-0.39, 0.29) is 17.6 Å². The Kier molecular flexibility index (Phi) is 4.26. The molecule has 1 aliphatic carbocycles. The number of aliphatic hydroxyl groups is 1. The van der Waals surface area contributed by atoms with Crippen LogP contribution in [0.2, 0.25) is 0 Å². The fourth-order valence-corrected chi connectivity index (χ4v) is 3.39. The number of benzene rings is 2. The molecule has 0 radical (unpaired) electrons. The predicted molar refractivity (Wildman–Crippen MR) is 92.7 cm³/mol. The van der Waals surface area contributed by atoms with Crippen molar-refractivity contribution >= 4 is 0 Å². The van der Waals surface area contributed by atoms with Gasteiger partial charge in [0.25, 0.3) is 0 Å². The van der Waals surface area contributed by atoms with Gasteiger partial charge in [-0.3, -0.25) is 0 Å². The van der Waals surface area contributed by atoms with Gasteiger partial charge in [-0.05, 0) is 25.0 Å². The second-order valence-corrected chi connectivity index (χ2v) is 6.57. The molecule has 134 valence electrons. The zero-order valence-corrected chi connectivity index (χ0v) is 13.9. The maximum atomic E-state index is 14.4. The second kappa shape index (κ2) is 6.59. The summed E-state index contributed by atoms with van der Waals surface area (Å²) in [4.78, 5) is 4.60. The van der Waals surface area contributed by atoms with Crippen LogP contribution in [0, 0.1) is 11.6 Å². The summed E-state index contributed by atoms with van der Waals surface area (Å²) in [6.45, 7) is 0. The smallest absolute Gasteiger partial charge is 0.181 e. The zero-order valence-electron chi connectivity index (χ0n) is 13.9. The van der Waals surface area contributed by atoms with Gasteiger partial charge in [0, 0.05) is 23.6 Å². The molecule has 0 unspecified atom stereocenters. The monoisotopic (exact) mass is 356 g/mol. The van der Waals surface area contributed by atoms with E-state index in [0.29, 0.717) is 24.5 Å². The number of aromatic nitrogens is 3. The van der Waals surface area contributed by atoms with E-state index >= 15 is 0 Å². The normalized spacial score (nSPS) is 22.7. The molecule has 1 aliphatic rings. The van der Waals surface area contributed by atoms with Crippen LogP contribution < -0.4 is 5.73 Å². The van der Waals surface area contributed by atoms with Crippen molar-refractivity contribution in [1.29, 1.82) is 0 Å². The highest BCUT2D eigenvalue weighted by Crippen LogP contribution is 2.35. The van der Waals surface area contributed by atoms with Gasteiger partial charge in [-0.15, -0.1) is 5.10 Å². The predicted octanol–water partition coefficient (Wildman–Crippen LogP) is 2.78. The molecule has 2 aromatic carbocycles. The SMILES string of the molecule is N[C@H]1C[C@H](c2nc(-c3ccccc3)nn2-c2ccc(F)cc2F)C[C@@H]1O. The van der Waals surface area contributed by atoms with Gasteiger partial charge < -0.3 is 10.8 Å². The summed E-state index contributed by atoms with van der Waals surface area (Å²) in [5.74, 6) is -0.580. The van der Waals surface area contributed by atoms with Crippen LogP contribution in [0.15, 0.2) is 48.5 Å². The van der Waals surface area contributed by atoms with E-state index < -0.39 is 17.7 Å². The van der Waals surface area contributed by atoms with E-state index in [1.807, 2.05) is 30.3 Å². The molecule has 3 aromatic rings. The molecule has 1 saturated carbocycles. The summed E-state index contributed by atoms with van der Waals surface area (Å²) < 4.78 is 29.1. The van der Waals surface area contributed by atoms with Gasteiger partial charge in [-0.25, -0.2) is 18.4 Å². The van der Waals surface area contributed by atoms with E-state index in [9.17, 15) is 13.9 Å². The first kappa shape index (κ1) is 16.8. The first-order valence-corrected chi connectivity index (χ1v) is 8.44. The van der Waals surface area contributed by atoms with Gasteiger partial charge >= 0.3 is 0 Å². The average Bonchev–Trinajstić information content (AvgIpc) is 3.20. The number of nitrogens with zero attached hydrogens (tertiary/aromatic N) is 3. The Balaban J connectivity index is 1.84. The van der Waals surface area contributed by atoms with Crippen LogP contribution in [-0.2, 0) is 0 Å². The lowest BCUT2D eigenvalue weighted by Gasteiger charge is -2.11. The quantitative estimate of drug-likeness (QED) is 0.757. The van der Waals surface area contributed by atoms with Gasteiger partial charge in [0.2, 0.25) is 0 Å². The summed E-state index contributed by atoms with van der Waals surface area (Å²) in [5, 5.41) is 14.5. The Morgan fingerprint density at radius 1 is 1.08 bits per heavy atom. The zero-order chi connectivity index (χ0) is 18.3. The standard InChI is InChI=1S/C19H18F2N4O/c20-13-6-7-16(14(21)10-13)25-19(12-8-15(22)17(26)9-12)23-18(24-25)11-4-2-1-3-5-11/h1-7,10,12,15,17,26H,8-9,22H2/t12-,15-,17-/m0/s1. The molecular formula is C19H18F2N4O. The van der Waals surface area contributed by atoms with Gasteiger partial charge in [0.15, 0.2) is 11.6 Å². The summed E-state index contributed by atoms with van der Waals surface area (Å²) in [7, 11) is 0. The van der Waals surface area contributed by atoms with Crippen LogP contribution in [0.4, 0.5) is 8.78 Å². The number of hydrogen-bond donors (Lipinski definition) is 2. The third kappa shape index (κ3) is 3.00. The first-order valence-electron chi connectivity index (χ1n) is 8.44.